The lowest BCUT2D eigenvalue weighted by molar-refractivity contribution is 0.502. The van der Waals surface area contributed by atoms with Gasteiger partial charge in [0.1, 0.15) is 0 Å². The summed E-state index contributed by atoms with van der Waals surface area (Å²) in [5, 5.41) is 0. The quantitative estimate of drug-likeness (QED) is 0.541. The Morgan fingerprint density at radius 1 is 1.36 bits per heavy atom. The third-order valence-electron chi connectivity index (χ3n) is 3.51. The Labute approximate surface area is 91.2 Å². The van der Waals surface area contributed by atoms with E-state index in [0.717, 1.165) is 5.75 Å². The van der Waals surface area contributed by atoms with Crippen LogP contribution in [-0.2, 0) is 0 Å². The molecule has 0 aromatic heterocycles. The molecule has 1 unspecified atom stereocenters. The van der Waals surface area contributed by atoms with Crippen molar-refractivity contribution >= 4 is 11.8 Å². The van der Waals surface area contributed by atoms with E-state index in [0.29, 0.717) is 0 Å². The van der Waals surface area contributed by atoms with Crippen molar-refractivity contribution in [3.05, 3.63) is 35.5 Å². The summed E-state index contributed by atoms with van der Waals surface area (Å²) >= 11 is 2.01. The molecule has 0 spiro atoms. The van der Waals surface area contributed by atoms with Gasteiger partial charge in [-0.1, -0.05) is 43.7 Å². The lowest BCUT2D eigenvalue weighted by atomic mass is 9.74. The molecule has 1 atom stereocenters. The molecule has 0 radical (unpaired) electrons. The van der Waals surface area contributed by atoms with Gasteiger partial charge in [-0.2, -0.15) is 0 Å². The maximum absolute atomic E-state index is 4.20. The largest absolute Gasteiger partial charge is 0.142 e. The van der Waals surface area contributed by atoms with E-state index in [2.05, 4.69) is 46.4 Å². The summed E-state index contributed by atoms with van der Waals surface area (Å²) in [6.07, 6.45) is 4.73. The molecule has 2 rings (SSSR count). The van der Waals surface area contributed by atoms with Gasteiger partial charge in [0.2, 0.25) is 0 Å². The van der Waals surface area contributed by atoms with Crippen LogP contribution in [0.4, 0.5) is 0 Å². The zero-order chi connectivity index (χ0) is 10.6. The van der Waals surface area contributed by atoms with E-state index in [1.807, 2.05) is 11.8 Å². The highest BCUT2D eigenvalue weighted by Gasteiger charge is 2.44. The fourth-order valence-corrected chi connectivity index (χ4v) is 4.03. The van der Waals surface area contributed by atoms with Gasteiger partial charge in [-0.25, -0.2) is 0 Å². The highest BCUT2D eigenvalue weighted by Crippen LogP contribution is 2.55. The minimum atomic E-state index is 0.175. The second-order valence-electron chi connectivity index (χ2n) is 5.07. The molecule has 0 aromatic carbocycles. The van der Waals surface area contributed by atoms with Crippen LogP contribution in [0.3, 0.4) is 0 Å². The second-order valence-corrected chi connectivity index (χ2v) is 6.50. The van der Waals surface area contributed by atoms with Crippen LogP contribution in [0.1, 0.15) is 27.7 Å². The fourth-order valence-electron chi connectivity index (χ4n) is 2.45. The first-order valence-electron chi connectivity index (χ1n) is 5.10. The van der Waals surface area contributed by atoms with Gasteiger partial charge in [0.15, 0.2) is 0 Å². The van der Waals surface area contributed by atoms with Crippen molar-refractivity contribution in [1.82, 2.24) is 0 Å². The van der Waals surface area contributed by atoms with E-state index < -0.39 is 0 Å². The van der Waals surface area contributed by atoms with Crippen molar-refractivity contribution in [3.63, 3.8) is 0 Å². The monoisotopic (exact) mass is 206 g/mol. The molecule has 0 saturated carbocycles. The van der Waals surface area contributed by atoms with E-state index in [-0.39, 0.29) is 10.2 Å². The summed E-state index contributed by atoms with van der Waals surface area (Å²) in [6, 6.07) is 0. The lowest BCUT2D eigenvalue weighted by Gasteiger charge is -2.43. The molecule has 0 amide bonds. The van der Waals surface area contributed by atoms with Gasteiger partial charge < -0.3 is 0 Å². The van der Waals surface area contributed by atoms with Gasteiger partial charge in [-0.3, -0.25) is 0 Å². The third-order valence-corrected chi connectivity index (χ3v) is 4.94. The molecule has 0 bridgehead atoms. The maximum atomic E-state index is 4.20. The van der Waals surface area contributed by atoms with Crippen molar-refractivity contribution in [3.8, 4) is 0 Å². The highest BCUT2D eigenvalue weighted by molar-refractivity contribution is 8.01. The topological polar surface area (TPSA) is 0 Å². The Hall–Kier alpha value is -0.430. The molecule has 14 heavy (non-hydrogen) atoms. The van der Waals surface area contributed by atoms with Crippen LogP contribution in [0.25, 0.3) is 0 Å². The number of hydrogen-bond donors (Lipinski definition) is 0. The SMILES string of the molecule is C=C1CSC2(C)C=C(C)C=C2C1(C)C. The van der Waals surface area contributed by atoms with Crippen molar-refractivity contribution in [1.29, 1.82) is 0 Å². The number of thioether (sulfide) groups is 1. The van der Waals surface area contributed by atoms with Crippen molar-refractivity contribution in [2.24, 2.45) is 5.41 Å². The van der Waals surface area contributed by atoms with Crippen LogP contribution in [0.2, 0.25) is 0 Å². The maximum Gasteiger partial charge on any atom is 0.0539 e. The Morgan fingerprint density at radius 3 is 2.64 bits per heavy atom. The minimum Gasteiger partial charge on any atom is -0.142 e. The number of allylic oxidation sites excluding steroid dienone is 2. The van der Waals surface area contributed by atoms with Crippen LogP contribution in [0.15, 0.2) is 35.5 Å². The van der Waals surface area contributed by atoms with Gasteiger partial charge in [0.25, 0.3) is 0 Å². The van der Waals surface area contributed by atoms with Crippen LogP contribution in [-0.4, -0.2) is 10.5 Å². The first kappa shape index (κ1) is 10.1. The van der Waals surface area contributed by atoms with Gasteiger partial charge >= 0.3 is 0 Å². The van der Waals surface area contributed by atoms with E-state index in [9.17, 15) is 0 Å². The Kier molecular flexibility index (Phi) is 2.01. The van der Waals surface area contributed by atoms with Crippen LogP contribution >= 0.6 is 11.8 Å². The molecule has 0 nitrogen and oxygen atoms in total. The predicted molar refractivity (Wildman–Crippen MR) is 65.6 cm³/mol. The Bertz CT molecular complexity index is 351. The van der Waals surface area contributed by atoms with Gasteiger partial charge in [0, 0.05) is 11.2 Å². The van der Waals surface area contributed by atoms with Crippen molar-refractivity contribution < 1.29 is 0 Å². The molecular weight excluding hydrogens is 188 g/mol. The molecule has 76 valence electrons. The first-order chi connectivity index (χ1) is 6.36. The van der Waals surface area contributed by atoms with Gasteiger partial charge in [-0.05, 0) is 19.4 Å². The molecule has 1 fully saturated rings. The van der Waals surface area contributed by atoms with E-state index >= 15 is 0 Å². The zero-order valence-corrected chi connectivity index (χ0v) is 10.3. The summed E-state index contributed by atoms with van der Waals surface area (Å²) < 4.78 is 0.231. The minimum absolute atomic E-state index is 0.175. The highest BCUT2D eigenvalue weighted by atomic mass is 32.2. The number of fused-ring (bicyclic) bond motifs is 1. The summed E-state index contributed by atoms with van der Waals surface area (Å²) in [4.78, 5) is 0. The van der Waals surface area contributed by atoms with E-state index in [1.54, 1.807) is 0 Å². The molecule has 0 aromatic rings. The normalized spacial score (nSPS) is 35.0. The molecule has 0 N–H and O–H groups in total. The van der Waals surface area contributed by atoms with Gasteiger partial charge in [-0.15, -0.1) is 11.8 Å². The van der Waals surface area contributed by atoms with Crippen LogP contribution < -0.4 is 0 Å². The summed E-state index contributed by atoms with van der Waals surface area (Å²) in [7, 11) is 0. The molecule has 1 aliphatic heterocycles. The summed E-state index contributed by atoms with van der Waals surface area (Å²) in [5.74, 6) is 1.09. The van der Waals surface area contributed by atoms with E-state index in [4.69, 9.17) is 0 Å². The standard InChI is InChI=1S/C13H18S/c1-9-6-11-12(3,4)10(2)8-14-13(11,5)7-9/h6-7H,2,8H2,1,3-5H3. The molecule has 1 heteroatoms. The third kappa shape index (κ3) is 1.22. The summed E-state index contributed by atoms with van der Waals surface area (Å²) in [6.45, 7) is 13.3. The zero-order valence-electron chi connectivity index (χ0n) is 9.48. The first-order valence-corrected chi connectivity index (χ1v) is 6.09. The van der Waals surface area contributed by atoms with Gasteiger partial charge in [0.05, 0.1) is 4.75 Å². The molecule has 1 aliphatic carbocycles. The van der Waals surface area contributed by atoms with Crippen LogP contribution in [0.5, 0.6) is 0 Å². The number of hydrogen-bond acceptors (Lipinski definition) is 1. The van der Waals surface area contributed by atoms with Crippen molar-refractivity contribution in [2.75, 3.05) is 5.75 Å². The predicted octanol–water partition coefficient (Wildman–Crippen LogP) is 3.96. The lowest BCUT2D eigenvalue weighted by Crippen LogP contribution is -2.36. The second kappa shape index (κ2) is 2.79. The molecular formula is C13H18S. The fraction of sp³-hybridized carbons (Fsp3) is 0.538. The van der Waals surface area contributed by atoms with E-state index in [1.165, 1.54) is 16.7 Å². The smallest absolute Gasteiger partial charge is 0.0539 e. The molecule has 1 saturated heterocycles. The Morgan fingerprint density at radius 2 is 2.00 bits per heavy atom. The number of rotatable bonds is 0. The molecule has 2 aliphatic rings. The average molecular weight is 206 g/mol. The Balaban J connectivity index is 2.50. The average Bonchev–Trinajstić information content (AvgIpc) is 2.37. The van der Waals surface area contributed by atoms with Crippen molar-refractivity contribution in [2.45, 2.75) is 32.4 Å². The molecule has 1 heterocycles. The van der Waals surface area contributed by atoms with Crippen LogP contribution in [0, 0.1) is 5.41 Å². The summed E-state index contributed by atoms with van der Waals surface area (Å²) in [5.41, 5.74) is 4.46.